The fourth-order valence-corrected chi connectivity index (χ4v) is 5.54. The number of hydrogen-bond donors (Lipinski definition) is 6. The van der Waals surface area contributed by atoms with E-state index >= 15 is 0 Å². The number of carbonyl (C=O) groups excluding carboxylic acids is 2. The summed E-state index contributed by atoms with van der Waals surface area (Å²) in [6, 6.07) is 17.5. The van der Waals surface area contributed by atoms with Gasteiger partial charge in [-0.2, -0.15) is 0 Å². The van der Waals surface area contributed by atoms with Gasteiger partial charge < -0.3 is 37.6 Å². The Bertz CT molecular complexity index is 1310. The van der Waals surface area contributed by atoms with Crippen LogP contribution in [0.15, 0.2) is 83.1 Å². The van der Waals surface area contributed by atoms with Gasteiger partial charge in [0.2, 0.25) is 0 Å². The maximum absolute atomic E-state index is 13.5. The zero-order valence-corrected chi connectivity index (χ0v) is 23.9. The summed E-state index contributed by atoms with van der Waals surface area (Å²) < 4.78 is 0. The molecule has 3 heterocycles. The molecule has 2 aromatic rings. The third-order valence-corrected chi connectivity index (χ3v) is 7.77. The molecule has 0 radical (unpaired) electrons. The van der Waals surface area contributed by atoms with Crippen LogP contribution in [0, 0.1) is 0 Å². The molecule has 11 heteroatoms. The van der Waals surface area contributed by atoms with Crippen LogP contribution in [0.25, 0.3) is 0 Å². The normalized spacial score (nSPS) is 18.3. The van der Waals surface area contributed by atoms with Gasteiger partial charge in [-0.3, -0.25) is 14.7 Å². The Morgan fingerprint density at radius 1 is 1.05 bits per heavy atom. The van der Waals surface area contributed by atoms with Crippen molar-refractivity contribution in [3.63, 3.8) is 0 Å². The second-order valence-electron chi connectivity index (χ2n) is 10.8. The van der Waals surface area contributed by atoms with E-state index in [4.69, 9.17) is 11.5 Å². The number of guanidine groups is 1. The summed E-state index contributed by atoms with van der Waals surface area (Å²) in [7, 11) is 0. The van der Waals surface area contributed by atoms with Crippen molar-refractivity contribution < 1.29 is 9.59 Å². The highest BCUT2D eigenvalue weighted by Crippen LogP contribution is 2.26. The third kappa shape index (κ3) is 7.48. The molecule has 222 valence electrons. The first-order valence-corrected chi connectivity index (χ1v) is 14.7. The van der Waals surface area contributed by atoms with Gasteiger partial charge in [-0.1, -0.05) is 30.3 Å². The number of urea groups is 1. The summed E-state index contributed by atoms with van der Waals surface area (Å²) in [5.74, 6) is 0.185. The molecule has 1 saturated heterocycles. The van der Waals surface area contributed by atoms with Gasteiger partial charge in [-0.25, -0.2) is 4.79 Å². The highest BCUT2D eigenvalue weighted by atomic mass is 16.2. The van der Waals surface area contributed by atoms with Gasteiger partial charge in [-0.05, 0) is 74.8 Å². The average molecular weight is 572 g/mol. The summed E-state index contributed by atoms with van der Waals surface area (Å²) in [6.07, 6.45) is 7.12. The van der Waals surface area contributed by atoms with Crippen molar-refractivity contribution in [2.24, 2.45) is 16.5 Å². The van der Waals surface area contributed by atoms with Crippen LogP contribution in [0.2, 0.25) is 0 Å². The zero-order valence-electron chi connectivity index (χ0n) is 23.9. The Labute approximate surface area is 247 Å². The lowest BCUT2D eigenvalue weighted by Gasteiger charge is -2.35. The second kappa shape index (κ2) is 14.0. The number of hydrogen-bond acceptors (Lipinski definition) is 6. The molecular formula is C31H41N9O2. The summed E-state index contributed by atoms with van der Waals surface area (Å²) in [4.78, 5) is 34.1. The Balaban J connectivity index is 1.19. The minimum absolute atomic E-state index is 0.0711. The van der Waals surface area contributed by atoms with Crippen LogP contribution in [-0.4, -0.2) is 67.7 Å². The summed E-state index contributed by atoms with van der Waals surface area (Å²) >= 11 is 0. The first-order chi connectivity index (χ1) is 20.5. The Hall–Kier alpha value is -4.35. The number of nitrogens with zero attached hydrogens (tertiary/aromatic N) is 3. The van der Waals surface area contributed by atoms with Crippen molar-refractivity contribution in [2.45, 2.75) is 44.4 Å². The van der Waals surface area contributed by atoms with Crippen molar-refractivity contribution >= 4 is 23.6 Å². The highest BCUT2D eigenvalue weighted by molar-refractivity contribution is 5.96. The van der Waals surface area contributed by atoms with Crippen molar-refractivity contribution in [3.05, 3.63) is 89.3 Å². The quantitative estimate of drug-likeness (QED) is 0.129. The second-order valence-corrected chi connectivity index (χ2v) is 10.8. The first kappa shape index (κ1) is 29.2. The molecule has 0 bridgehead atoms. The van der Waals surface area contributed by atoms with Crippen molar-refractivity contribution in [1.29, 1.82) is 0 Å². The van der Waals surface area contributed by atoms with Gasteiger partial charge in [0, 0.05) is 55.1 Å². The standard InChI is InChI=1S/C31H41N9O2/c32-30(33)36-15-4-14-35-20-22-7-9-26(10-8-22)40-21-24-19-25(37-28(24)38-31(40)42)13-18-39(27-11-16-34-17-12-27)29(41)23-5-2-1-3-6-23/h1-3,5-10,19,21,27-28,34-35,37H,4,11-18,20H2,(H,38,42)(H4,32,33,36). The van der Waals surface area contributed by atoms with E-state index in [1.54, 1.807) is 4.90 Å². The molecule has 5 rings (SSSR count). The Kier molecular flexibility index (Phi) is 9.73. The van der Waals surface area contributed by atoms with Crippen molar-refractivity contribution in [2.75, 3.05) is 37.6 Å². The summed E-state index contributed by atoms with van der Waals surface area (Å²) in [5.41, 5.74) is 15.3. The van der Waals surface area contributed by atoms with Gasteiger partial charge in [0.25, 0.3) is 5.91 Å². The minimum Gasteiger partial charge on any atom is -0.370 e. The van der Waals surface area contributed by atoms with Gasteiger partial charge in [0.1, 0.15) is 6.17 Å². The number of nitrogens with one attached hydrogen (secondary N) is 4. The molecule has 1 atom stereocenters. The molecule has 1 unspecified atom stereocenters. The van der Waals surface area contributed by atoms with E-state index in [1.165, 1.54) is 0 Å². The number of aliphatic imine (C=N–C) groups is 1. The molecule has 0 saturated carbocycles. The number of anilines is 1. The molecule has 42 heavy (non-hydrogen) atoms. The van der Waals surface area contributed by atoms with Crippen molar-refractivity contribution in [3.8, 4) is 0 Å². The Morgan fingerprint density at radius 2 is 1.81 bits per heavy atom. The smallest absolute Gasteiger partial charge is 0.327 e. The molecule has 3 aliphatic heterocycles. The van der Waals surface area contributed by atoms with Gasteiger partial charge in [0.05, 0.1) is 5.69 Å². The maximum atomic E-state index is 13.5. The molecular weight excluding hydrogens is 530 g/mol. The number of nitrogens with two attached hydrogens (primary N) is 2. The van der Waals surface area contributed by atoms with E-state index in [2.05, 4.69) is 32.3 Å². The Morgan fingerprint density at radius 3 is 2.55 bits per heavy atom. The number of fused-ring (bicyclic) bond motifs is 1. The molecule has 8 N–H and O–H groups in total. The van der Waals surface area contributed by atoms with Crippen LogP contribution < -0.4 is 37.6 Å². The third-order valence-electron chi connectivity index (χ3n) is 7.77. The average Bonchev–Trinajstić information content (AvgIpc) is 3.41. The molecule has 2 aromatic carbocycles. The largest absolute Gasteiger partial charge is 0.370 e. The molecule has 0 spiro atoms. The van der Waals surface area contributed by atoms with Gasteiger partial charge >= 0.3 is 6.03 Å². The lowest BCUT2D eigenvalue weighted by molar-refractivity contribution is 0.0644. The molecule has 3 aliphatic rings. The van der Waals surface area contributed by atoms with Crippen molar-refractivity contribution in [1.82, 2.24) is 26.2 Å². The van der Waals surface area contributed by atoms with Gasteiger partial charge in [-0.15, -0.1) is 0 Å². The number of amides is 3. The molecule has 11 nitrogen and oxygen atoms in total. The van der Waals surface area contributed by atoms with E-state index in [9.17, 15) is 9.59 Å². The van der Waals surface area contributed by atoms with Crippen LogP contribution in [0.3, 0.4) is 0 Å². The predicted octanol–water partition coefficient (Wildman–Crippen LogP) is 1.95. The minimum atomic E-state index is -0.275. The van der Waals surface area contributed by atoms with E-state index in [-0.39, 0.29) is 30.1 Å². The summed E-state index contributed by atoms with van der Waals surface area (Å²) in [5, 5.41) is 13.3. The van der Waals surface area contributed by atoms with Crippen LogP contribution in [-0.2, 0) is 6.54 Å². The fourth-order valence-electron chi connectivity index (χ4n) is 5.54. The molecule has 0 aromatic heterocycles. The zero-order chi connectivity index (χ0) is 29.3. The van der Waals surface area contributed by atoms with Crippen LogP contribution >= 0.6 is 0 Å². The highest BCUT2D eigenvalue weighted by Gasteiger charge is 2.32. The van der Waals surface area contributed by atoms with E-state index in [0.717, 1.165) is 61.4 Å². The maximum Gasteiger partial charge on any atom is 0.327 e. The van der Waals surface area contributed by atoms with E-state index in [1.807, 2.05) is 65.7 Å². The van der Waals surface area contributed by atoms with E-state index < -0.39 is 0 Å². The van der Waals surface area contributed by atoms with E-state index in [0.29, 0.717) is 31.6 Å². The first-order valence-electron chi connectivity index (χ1n) is 14.7. The number of rotatable bonds is 12. The molecule has 1 fully saturated rings. The van der Waals surface area contributed by atoms with Crippen LogP contribution in [0.4, 0.5) is 10.5 Å². The fraction of sp³-hybridized carbons (Fsp3) is 0.387. The number of piperidine rings is 1. The van der Waals surface area contributed by atoms with Gasteiger partial charge in [0.15, 0.2) is 5.96 Å². The number of carbonyl (C=O) groups is 2. The van der Waals surface area contributed by atoms with Crippen LogP contribution in [0.5, 0.6) is 0 Å². The molecule has 3 amide bonds. The topological polar surface area (TPSA) is 153 Å². The number of benzene rings is 2. The van der Waals surface area contributed by atoms with Crippen LogP contribution in [0.1, 0.15) is 41.6 Å². The molecule has 0 aliphatic carbocycles. The SMILES string of the molecule is NC(N)=NCCCNCc1ccc(N2C=C3C=C(CCN(C(=O)c4ccccc4)C4CCNCC4)NC3NC2=O)cc1. The lowest BCUT2D eigenvalue weighted by atomic mass is 10.0. The monoisotopic (exact) mass is 571 g/mol. The lowest BCUT2D eigenvalue weighted by Crippen LogP contribution is -2.52. The summed E-state index contributed by atoms with van der Waals surface area (Å²) in [6.45, 7) is 4.56. The predicted molar refractivity (Wildman–Crippen MR) is 166 cm³/mol.